The SMILES string of the molecule is COCc1ccc(-c2ccc(-c3ccc(C(C)O)cc3)cc2)cc1. The molecular weight excluding hydrogens is 296 g/mol. The zero-order valence-corrected chi connectivity index (χ0v) is 14.1. The van der Waals surface area contributed by atoms with Gasteiger partial charge in [-0.2, -0.15) is 0 Å². The van der Waals surface area contributed by atoms with Crippen LogP contribution in [0.2, 0.25) is 0 Å². The summed E-state index contributed by atoms with van der Waals surface area (Å²) in [6.45, 7) is 2.42. The van der Waals surface area contributed by atoms with Crippen molar-refractivity contribution in [1.29, 1.82) is 0 Å². The van der Waals surface area contributed by atoms with Gasteiger partial charge in [-0.05, 0) is 40.3 Å². The maximum absolute atomic E-state index is 9.59. The highest BCUT2D eigenvalue weighted by atomic mass is 16.5. The molecule has 3 aromatic carbocycles. The van der Waals surface area contributed by atoms with Gasteiger partial charge in [-0.15, -0.1) is 0 Å². The van der Waals surface area contributed by atoms with Crippen LogP contribution in [0.25, 0.3) is 22.3 Å². The van der Waals surface area contributed by atoms with Crippen LogP contribution in [-0.2, 0) is 11.3 Å². The van der Waals surface area contributed by atoms with Gasteiger partial charge in [0.2, 0.25) is 0 Å². The van der Waals surface area contributed by atoms with Gasteiger partial charge in [0.25, 0.3) is 0 Å². The van der Waals surface area contributed by atoms with E-state index in [1.54, 1.807) is 14.0 Å². The van der Waals surface area contributed by atoms with Gasteiger partial charge >= 0.3 is 0 Å². The molecule has 1 N–H and O–H groups in total. The van der Waals surface area contributed by atoms with Gasteiger partial charge in [-0.3, -0.25) is 0 Å². The van der Waals surface area contributed by atoms with Crippen LogP contribution in [-0.4, -0.2) is 12.2 Å². The Morgan fingerprint density at radius 2 is 1.08 bits per heavy atom. The van der Waals surface area contributed by atoms with Gasteiger partial charge in [0, 0.05) is 7.11 Å². The fourth-order valence-corrected chi connectivity index (χ4v) is 2.77. The molecule has 0 saturated carbocycles. The van der Waals surface area contributed by atoms with E-state index in [9.17, 15) is 5.11 Å². The van der Waals surface area contributed by atoms with E-state index in [4.69, 9.17) is 4.74 Å². The number of rotatable bonds is 5. The molecule has 0 fully saturated rings. The molecule has 3 rings (SSSR count). The molecule has 0 aliphatic carbocycles. The Labute approximate surface area is 143 Å². The molecule has 2 heteroatoms. The summed E-state index contributed by atoms with van der Waals surface area (Å²) >= 11 is 0. The van der Waals surface area contributed by atoms with Crippen LogP contribution in [0, 0.1) is 0 Å². The van der Waals surface area contributed by atoms with Crippen molar-refractivity contribution in [1.82, 2.24) is 0 Å². The van der Waals surface area contributed by atoms with Gasteiger partial charge in [-0.1, -0.05) is 72.8 Å². The number of methoxy groups -OCH3 is 1. The van der Waals surface area contributed by atoms with Crippen LogP contribution < -0.4 is 0 Å². The third-order valence-corrected chi connectivity index (χ3v) is 4.21. The molecular formula is C22H22O2. The Kier molecular flexibility index (Phi) is 5.09. The molecule has 0 heterocycles. The maximum Gasteiger partial charge on any atom is 0.0761 e. The van der Waals surface area contributed by atoms with Crippen LogP contribution >= 0.6 is 0 Å². The summed E-state index contributed by atoms with van der Waals surface area (Å²) in [6, 6.07) is 25.1. The summed E-state index contributed by atoms with van der Waals surface area (Å²) in [5, 5.41) is 9.59. The summed E-state index contributed by atoms with van der Waals surface area (Å²) in [6.07, 6.45) is -0.428. The first-order valence-corrected chi connectivity index (χ1v) is 8.14. The first kappa shape index (κ1) is 16.4. The Balaban J connectivity index is 1.79. The minimum absolute atomic E-state index is 0.428. The fourth-order valence-electron chi connectivity index (χ4n) is 2.77. The minimum atomic E-state index is -0.428. The molecule has 0 aromatic heterocycles. The number of benzene rings is 3. The smallest absolute Gasteiger partial charge is 0.0761 e. The number of hydrogen-bond acceptors (Lipinski definition) is 2. The highest BCUT2D eigenvalue weighted by molar-refractivity contribution is 5.70. The molecule has 0 aliphatic rings. The number of ether oxygens (including phenoxy) is 1. The van der Waals surface area contributed by atoms with E-state index in [0.29, 0.717) is 6.61 Å². The summed E-state index contributed by atoms with van der Waals surface area (Å²) in [7, 11) is 1.71. The van der Waals surface area contributed by atoms with Crippen molar-refractivity contribution in [3.8, 4) is 22.3 Å². The minimum Gasteiger partial charge on any atom is -0.389 e. The van der Waals surface area contributed by atoms with Gasteiger partial charge < -0.3 is 9.84 Å². The highest BCUT2D eigenvalue weighted by Gasteiger charge is 2.03. The van der Waals surface area contributed by atoms with Crippen molar-refractivity contribution in [2.24, 2.45) is 0 Å². The zero-order chi connectivity index (χ0) is 16.9. The summed E-state index contributed by atoms with van der Waals surface area (Å²) in [5.74, 6) is 0. The monoisotopic (exact) mass is 318 g/mol. The van der Waals surface area contributed by atoms with Crippen LogP contribution in [0.4, 0.5) is 0 Å². The second-order valence-electron chi connectivity index (χ2n) is 6.01. The average molecular weight is 318 g/mol. The molecule has 122 valence electrons. The second kappa shape index (κ2) is 7.43. The Morgan fingerprint density at radius 1 is 0.708 bits per heavy atom. The van der Waals surface area contributed by atoms with E-state index < -0.39 is 6.10 Å². The lowest BCUT2D eigenvalue weighted by Crippen LogP contribution is -1.90. The van der Waals surface area contributed by atoms with E-state index in [1.807, 2.05) is 12.1 Å². The molecule has 0 saturated heterocycles. The third-order valence-electron chi connectivity index (χ3n) is 4.21. The van der Waals surface area contributed by atoms with Gasteiger partial charge in [-0.25, -0.2) is 0 Å². The quantitative estimate of drug-likeness (QED) is 0.699. The van der Waals surface area contributed by atoms with Crippen LogP contribution in [0.5, 0.6) is 0 Å². The average Bonchev–Trinajstić information content (AvgIpc) is 2.63. The van der Waals surface area contributed by atoms with Gasteiger partial charge in [0.05, 0.1) is 12.7 Å². The van der Waals surface area contributed by atoms with Crippen molar-refractivity contribution < 1.29 is 9.84 Å². The molecule has 1 atom stereocenters. The number of aliphatic hydroxyl groups is 1. The molecule has 0 spiro atoms. The second-order valence-corrected chi connectivity index (χ2v) is 6.01. The van der Waals surface area contributed by atoms with Crippen molar-refractivity contribution in [3.63, 3.8) is 0 Å². The Morgan fingerprint density at radius 3 is 1.46 bits per heavy atom. The molecule has 0 radical (unpaired) electrons. The lowest BCUT2D eigenvalue weighted by atomic mass is 9.98. The highest BCUT2D eigenvalue weighted by Crippen LogP contribution is 2.26. The molecule has 24 heavy (non-hydrogen) atoms. The molecule has 0 amide bonds. The summed E-state index contributed by atoms with van der Waals surface area (Å²) in [5.41, 5.74) is 6.84. The summed E-state index contributed by atoms with van der Waals surface area (Å²) in [4.78, 5) is 0. The number of hydrogen-bond donors (Lipinski definition) is 1. The lowest BCUT2D eigenvalue weighted by molar-refractivity contribution is 0.185. The lowest BCUT2D eigenvalue weighted by Gasteiger charge is -2.08. The standard InChI is InChI=1S/C22H22O2/c1-16(23)18-7-9-20(10-8-18)22-13-11-21(12-14-22)19-5-3-17(4-6-19)15-24-2/h3-14,16,23H,15H2,1-2H3. The van der Waals surface area contributed by atoms with Gasteiger partial charge in [0.15, 0.2) is 0 Å². The van der Waals surface area contributed by atoms with Crippen molar-refractivity contribution in [2.75, 3.05) is 7.11 Å². The molecule has 1 unspecified atom stereocenters. The van der Waals surface area contributed by atoms with E-state index in [1.165, 1.54) is 22.3 Å². The van der Waals surface area contributed by atoms with Crippen LogP contribution in [0.1, 0.15) is 24.2 Å². The van der Waals surface area contributed by atoms with Crippen molar-refractivity contribution in [3.05, 3.63) is 83.9 Å². The van der Waals surface area contributed by atoms with Crippen molar-refractivity contribution >= 4 is 0 Å². The first-order valence-electron chi connectivity index (χ1n) is 8.14. The third kappa shape index (κ3) is 3.73. The molecule has 0 aliphatic heterocycles. The van der Waals surface area contributed by atoms with E-state index in [-0.39, 0.29) is 0 Å². The molecule has 3 aromatic rings. The molecule has 2 nitrogen and oxygen atoms in total. The molecule has 0 bridgehead atoms. The maximum atomic E-state index is 9.59. The normalized spacial score (nSPS) is 12.1. The Bertz CT molecular complexity index is 770. The van der Waals surface area contributed by atoms with Crippen molar-refractivity contribution in [2.45, 2.75) is 19.6 Å². The summed E-state index contributed by atoms with van der Waals surface area (Å²) < 4.78 is 5.15. The van der Waals surface area contributed by atoms with E-state index in [0.717, 1.165) is 11.1 Å². The van der Waals surface area contributed by atoms with Crippen LogP contribution in [0.15, 0.2) is 72.8 Å². The zero-order valence-electron chi connectivity index (χ0n) is 14.1. The largest absolute Gasteiger partial charge is 0.389 e. The number of aliphatic hydroxyl groups excluding tert-OH is 1. The Hall–Kier alpha value is -2.42. The fraction of sp³-hybridized carbons (Fsp3) is 0.182. The van der Waals surface area contributed by atoms with Crippen LogP contribution in [0.3, 0.4) is 0 Å². The van der Waals surface area contributed by atoms with E-state index in [2.05, 4.69) is 60.7 Å². The van der Waals surface area contributed by atoms with E-state index >= 15 is 0 Å². The first-order chi connectivity index (χ1) is 11.7. The topological polar surface area (TPSA) is 29.5 Å². The predicted octanol–water partition coefficient (Wildman–Crippen LogP) is 5.22. The predicted molar refractivity (Wildman–Crippen MR) is 98.7 cm³/mol. The van der Waals surface area contributed by atoms with Gasteiger partial charge in [0.1, 0.15) is 0 Å².